The van der Waals surface area contributed by atoms with E-state index in [9.17, 15) is 14.4 Å². The lowest BCUT2D eigenvalue weighted by Crippen LogP contribution is -2.40. The van der Waals surface area contributed by atoms with Gasteiger partial charge in [-0.15, -0.1) is 0 Å². The maximum absolute atomic E-state index is 12.5. The molecule has 1 heterocycles. The number of nitrogens with one attached hydrogen (secondary N) is 1. The number of hydrogen-bond donors (Lipinski definition) is 1. The molecule has 1 fully saturated rings. The Bertz CT molecular complexity index is 760. The van der Waals surface area contributed by atoms with Gasteiger partial charge in [-0.25, -0.2) is 0 Å². The fourth-order valence-corrected chi connectivity index (χ4v) is 3.27. The van der Waals surface area contributed by atoms with Crippen molar-refractivity contribution in [2.75, 3.05) is 27.3 Å². The molecule has 7 nitrogen and oxygen atoms in total. The van der Waals surface area contributed by atoms with E-state index in [1.807, 2.05) is 0 Å². The van der Waals surface area contributed by atoms with E-state index in [1.54, 1.807) is 24.3 Å². The number of hydrogen-bond acceptors (Lipinski definition) is 6. The standard InChI is InChI=1S/C19H24N2O5S/c1-12(2)7-8-20-17(22)11-21-18(23)16(27-19(21)24)10-13-5-6-14(25-3)15(9-13)26-4/h5-6,9-10,12H,7-8,11H2,1-4H3,(H,20,22)/b16-10-. The smallest absolute Gasteiger partial charge is 0.294 e. The van der Waals surface area contributed by atoms with E-state index in [1.165, 1.54) is 14.2 Å². The molecule has 0 atom stereocenters. The summed E-state index contributed by atoms with van der Waals surface area (Å²) in [6.07, 6.45) is 2.44. The lowest BCUT2D eigenvalue weighted by atomic mass is 10.1. The van der Waals surface area contributed by atoms with Crippen LogP contribution in [0.25, 0.3) is 6.08 Å². The summed E-state index contributed by atoms with van der Waals surface area (Å²) < 4.78 is 10.4. The molecular formula is C19H24N2O5S. The molecule has 1 saturated heterocycles. The molecule has 0 bridgehead atoms. The molecular weight excluding hydrogens is 368 g/mol. The van der Waals surface area contributed by atoms with Gasteiger partial charge in [0, 0.05) is 6.54 Å². The second-order valence-electron chi connectivity index (χ2n) is 6.41. The fourth-order valence-electron chi connectivity index (χ4n) is 2.43. The van der Waals surface area contributed by atoms with Crippen molar-refractivity contribution in [3.63, 3.8) is 0 Å². The highest BCUT2D eigenvalue weighted by Crippen LogP contribution is 2.34. The van der Waals surface area contributed by atoms with Crippen LogP contribution in [0.3, 0.4) is 0 Å². The van der Waals surface area contributed by atoms with E-state index in [4.69, 9.17) is 9.47 Å². The second-order valence-corrected chi connectivity index (χ2v) is 7.41. The van der Waals surface area contributed by atoms with Gasteiger partial charge in [-0.1, -0.05) is 19.9 Å². The van der Waals surface area contributed by atoms with Crippen LogP contribution in [0.4, 0.5) is 4.79 Å². The zero-order valence-electron chi connectivity index (χ0n) is 15.9. The molecule has 1 aliphatic rings. The molecule has 0 saturated carbocycles. The lowest BCUT2D eigenvalue weighted by molar-refractivity contribution is -0.129. The first kappa shape index (κ1) is 20.8. The van der Waals surface area contributed by atoms with Gasteiger partial charge in [-0.3, -0.25) is 19.3 Å². The number of carbonyl (C=O) groups excluding carboxylic acids is 3. The monoisotopic (exact) mass is 392 g/mol. The van der Waals surface area contributed by atoms with Gasteiger partial charge in [0.15, 0.2) is 11.5 Å². The first-order chi connectivity index (χ1) is 12.8. The normalized spacial score (nSPS) is 15.6. The zero-order valence-corrected chi connectivity index (χ0v) is 16.7. The largest absolute Gasteiger partial charge is 0.493 e. The van der Waals surface area contributed by atoms with Gasteiger partial charge in [-0.2, -0.15) is 0 Å². The van der Waals surface area contributed by atoms with Crippen LogP contribution in [0.2, 0.25) is 0 Å². The van der Waals surface area contributed by atoms with Crippen molar-refractivity contribution in [1.29, 1.82) is 0 Å². The average Bonchev–Trinajstić information content (AvgIpc) is 2.88. The van der Waals surface area contributed by atoms with Gasteiger partial charge < -0.3 is 14.8 Å². The molecule has 1 aromatic rings. The first-order valence-electron chi connectivity index (χ1n) is 8.59. The van der Waals surface area contributed by atoms with Crippen molar-refractivity contribution in [2.24, 2.45) is 5.92 Å². The third-order valence-corrected chi connectivity index (χ3v) is 4.83. The maximum atomic E-state index is 12.5. The molecule has 8 heteroatoms. The average molecular weight is 392 g/mol. The van der Waals surface area contributed by atoms with Gasteiger partial charge in [0.25, 0.3) is 11.1 Å². The SMILES string of the molecule is COc1ccc(/C=C2\SC(=O)N(CC(=O)NCCC(C)C)C2=O)cc1OC. The molecule has 0 radical (unpaired) electrons. The van der Waals surface area contributed by atoms with E-state index in [0.717, 1.165) is 23.1 Å². The minimum absolute atomic E-state index is 0.266. The molecule has 3 amide bonds. The minimum atomic E-state index is -0.473. The molecule has 1 N–H and O–H groups in total. The quantitative estimate of drug-likeness (QED) is 0.685. The molecule has 0 spiro atoms. The van der Waals surface area contributed by atoms with Crippen molar-refractivity contribution in [1.82, 2.24) is 10.2 Å². The molecule has 0 aliphatic carbocycles. The molecule has 2 rings (SSSR count). The Kier molecular flexibility index (Phi) is 7.29. The minimum Gasteiger partial charge on any atom is -0.493 e. The topological polar surface area (TPSA) is 84.9 Å². The summed E-state index contributed by atoms with van der Waals surface area (Å²) in [7, 11) is 3.06. The highest BCUT2D eigenvalue weighted by atomic mass is 32.2. The molecule has 27 heavy (non-hydrogen) atoms. The summed E-state index contributed by atoms with van der Waals surface area (Å²) in [4.78, 5) is 37.8. The summed E-state index contributed by atoms with van der Waals surface area (Å²) in [5, 5.41) is 2.28. The number of thioether (sulfide) groups is 1. The first-order valence-corrected chi connectivity index (χ1v) is 9.41. The van der Waals surface area contributed by atoms with Crippen LogP contribution >= 0.6 is 11.8 Å². The Morgan fingerprint density at radius 2 is 1.93 bits per heavy atom. The number of rotatable bonds is 8. The van der Waals surface area contributed by atoms with E-state index in [0.29, 0.717) is 29.5 Å². The predicted octanol–water partition coefficient (Wildman–Crippen LogP) is 2.90. The van der Waals surface area contributed by atoms with Gasteiger partial charge in [0.1, 0.15) is 6.54 Å². The number of nitrogens with zero attached hydrogens (tertiary/aromatic N) is 1. The van der Waals surface area contributed by atoms with E-state index >= 15 is 0 Å². The second kappa shape index (κ2) is 9.45. The molecule has 1 aliphatic heterocycles. The third-order valence-electron chi connectivity index (χ3n) is 3.92. The van der Waals surface area contributed by atoms with E-state index in [2.05, 4.69) is 19.2 Å². The Morgan fingerprint density at radius 3 is 2.56 bits per heavy atom. The maximum Gasteiger partial charge on any atom is 0.294 e. The molecule has 146 valence electrons. The van der Waals surface area contributed by atoms with Crippen LogP contribution in [-0.2, 0) is 9.59 Å². The molecule has 1 aromatic carbocycles. The highest BCUT2D eigenvalue weighted by molar-refractivity contribution is 8.18. The Morgan fingerprint density at radius 1 is 1.22 bits per heavy atom. The fraction of sp³-hybridized carbons (Fsp3) is 0.421. The number of benzene rings is 1. The third kappa shape index (κ3) is 5.50. The summed E-state index contributed by atoms with van der Waals surface area (Å²) in [5.74, 6) is 0.742. The number of carbonyl (C=O) groups is 3. The molecule has 0 unspecified atom stereocenters. The summed E-state index contributed by atoms with van der Waals surface area (Å²) >= 11 is 0.817. The Hall–Kier alpha value is -2.48. The van der Waals surface area contributed by atoms with E-state index in [-0.39, 0.29) is 17.4 Å². The predicted molar refractivity (Wildman–Crippen MR) is 105 cm³/mol. The summed E-state index contributed by atoms with van der Waals surface area (Å²) in [6.45, 7) is 4.36. The number of ether oxygens (including phenoxy) is 2. The van der Waals surface area contributed by atoms with Crippen molar-refractivity contribution < 1.29 is 23.9 Å². The summed E-state index contributed by atoms with van der Waals surface area (Å²) in [5.41, 5.74) is 0.694. The number of amides is 3. The van der Waals surface area contributed by atoms with Crippen LogP contribution in [0.5, 0.6) is 11.5 Å². The zero-order chi connectivity index (χ0) is 20.0. The van der Waals surface area contributed by atoms with Crippen LogP contribution in [0, 0.1) is 5.92 Å². The van der Waals surface area contributed by atoms with Crippen molar-refractivity contribution in [3.8, 4) is 11.5 Å². The van der Waals surface area contributed by atoms with Crippen LogP contribution in [0.15, 0.2) is 23.1 Å². The van der Waals surface area contributed by atoms with E-state index < -0.39 is 11.1 Å². The van der Waals surface area contributed by atoms with Crippen molar-refractivity contribution >= 4 is 34.9 Å². The Balaban J connectivity index is 2.06. The van der Waals surface area contributed by atoms with Crippen molar-refractivity contribution in [3.05, 3.63) is 28.7 Å². The van der Waals surface area contributed by atoms with Crippen LogP contribution < -0.4 is 14.8 Å². The van der Waals surface area contributed by atoms with Gasteiger partial charge in [0.05, 0.1) is 19.1 Å². The van der Waals surface area contributed by atoms with Gasteiger partial charge in [-0.05, 0) is 47.9 Å². The number of methoxy groups -OCH3 is 2. The van der Waals surface area contributed by atoms with Gasteiger partial charge >= 0.3 is 0 Å². The summed E-state index contributed by atoms with van der Waals surface area (Å²) in [6, 6.07) is 5.19. The molecule has 0 aromatic heterocycles. The lowest BCUT2D eigenvalue weighted by Gasteiger charge is -2.13. The highest BCUT2D eigenvalue weighted by Gasteiger charge is 2.36. The van der Waals surface area contributed by atoms with Crippen LogP contribution in [0.1, 0.15) is 25.8 Å². The van der Waals surface area contributed by atoms with Crippen LogP contribution in [-0.4, -0.2) is 49.3 Å². The van der Waals surface area contributed by atoms with Crippen molar-refractivity contribution in [2.45, 2.75) is 20.3 Å². The Labute approximate surface area is 163 Å². The van der Waals surface area contributed by atoms with Gasteiger partial charge in [0.2, 0.25) is 5.91 Å². The number of imide groups is 1.